The zero-order valence-corrected chi connectivity index (χ0v) is 13.1. The Kier molecular flexibility index (Phi) is 4.40. The zero-order chi connectivity index (χ0) is 15.6. The summed E-state index contributed by atoms with van der Waals surface area (Å²) in [7, 11) is 1.61. The minimum Gasteiger partial charge on any atom is -0.443 e. The van der Waals surface area contributed by atoms with Crippen LogP contribution in [0, 0.1) is 5.82 Å². The van der Waals surface area contributed by atoms with E-state index in [0.717, 1.165) is 31.6 Å². The van der Waals surface area contributed by atoms with E-state index in [4.69, 9.17) is 4.74 Å². The highest BCUT2D eigenvalue weighted by Crippen LogP contribution is 2.32. The van der Waals surface area contributed by atoms with Gasteiger partial charge in [-0.05, 0) is 51.8 Å². The Morgan fingerprint density at radius 1 is 1.29 bits per heavy atom. The normalized spacial score (nSPS) is 15.2. The summed E-state index contributed by atoms with van der Waals surface area (Å²) in [5, 5.41) is 0. The monoisotopic (exact) mass is 294 g/mol. The molecule has 116 valence electrons. The minimum atomic E-state index is -0.577. The second-order valence-corrected chi connectivity index (χ2v) is 6.37. The number of amides is 1. The molecule has 0 N–H and O–H groups in total. The molecule has 1 aromatic carbocycles. The minimum absolute atomic E-state index is 0.358. The van der Waals surface area contributed by atoms with E-state index in [2.05, 4.69) is 4.90 Å². The third kappa shape index (κ3) is 3.86. The van der Waals surface area contributed by atoms with Crippen LogP contribution in [0.15, 0.2) is 18.2 Å². The van der Waals surface area contributed by atoms with Crippen LogP contribution in [0.5, 0.6) is 0 Å². The Bertz CT molecular complexity index is 519. The van der Waals surface area contributed by atoms with Gasteiger partial charge in [-0.25, -0.2) is 9.18 Å². The largest absolute Gasteiger partial charge is 0.443 e. The first-order valence-electron chi connectivity index (χ1n) is 7.29. The van der Waals surface area contributed by atoms with Crippen molar-refractivity contribution >= 4 is 17.5 Å². The molecule has 0 bridgehead atoms. The summed E-state index contributed by atoms with van der Waals surface area (Å²) in [6.45, 7) is 7.30. The first kappa shape index (κ1) is 15.6. The fraction of sp³-hybridized carbons (Fsp3) is 0.562. The predicted molar refractivity (Wildman–Crippen MR) is 82.5 cm³/mol. The molecular weight excluding hydrogens is 271 g/mol. The topological polar surface area (TPSA) is 32.8 Å². The van der Waals surface area contributed by atoms with Crippen molar-refractivity contribution in [3.63, 3.8) is 0 Å². The molecule has 1 aromatic rings. The van der Waals surface area contributed by atoms with E-state index >= 15 is 0 Å². The fourth-order valence-electron chi connectivity index (χ4n) is 2.42. The van der Waals surface area contributed by atoms with Crippen LogP contribution in [-0.4, -0.2) is 31.8 Å². The van der Waals surface area contributed by atoms with Gasteiger partial charge in [0, 0.05) is 20.1 Å². The molecule has 1 aliphatic heterocycles. The Hall–Kier alpha value is -1.78. The van der Waals surface area contributed by atoms with Gasteiger partial charge < -0.3 is 9.64 Å². The summed E-state index contributed by atoms with van der Waals surface area (Å²) in [4.78, 5) is 15.8. The number of carbonyl (C=O) groups excluding carboxylic acids is 1. The number of carbonyl (C=O) groups is 1. The van der Waals surface area contributed by atoms with Gasteiger partial charge in [-0.3, -0.25) is 4.90 Å². The highest BCUT2D eigenvalue weighted by Gasteiger charge is 2.25. The lowest BCUT2D eigenvalue weighted by Gasteiger charge is -2.28. The number of anilines is 2. The van der Waals surface area contributed by atoms with Gasteiger partial charge in [0.2, 0.25) is 0 Å². The number of hydrogen-bond donors (Lipinski definition) is 0. The zero-order valence-electron chi connectivity index (χ0n) is 13.1. The summed E-state index contributed by atoms with van der Waals surface area (Å²) < 4.78 is 19.0. The highest BCUT2D eigenvalue weighted by atomic mass is 19.1. The number of nitrogens with zero attached hydrogens (tertiary/aromatic N) is 2. The van der Waals surface area contributed by atoms with Gasteiger partial charge in [0.25, 0.3) is 0 Å². The molecule has 0 atom stereocenters. The molecule has 0 aromatic heterocycles. The van der Waals surface area contributed by atoms with Gasteiger partial charge in [0.1, 0.15) is 11.4 Å². The van der Waals surface area contributed by atoms with E-state index in [-0.39, 0.29) is 5.82 Å². The van der Waals surface area contributed by atoms with Gasteiger partial charge in [0.15, 0.2) is 0 Å². The van der Waals surface area contributed by atoms with Crippen molar-refractivity contribution in [3.8, 4) is 0 Å². The number of halogens is 1. The molecule has 0 unspecified atom stereocenters. The summed E-state index contributed by atoms with van der Waals surface area (Å²) in [5.41, 5.74) is 0.848. The van der Waals surface area contributed by atoms with Crippen molar-refractivity contribution in [1.29, 1.82) is 0 Å². The van der Waals surface area contributed by atoms with Gasteiger partial charge in [-0.2, -0.15) is 0 Å². The van der Waals surface area contributed by atoms with E-state index in [1.807, 2.05) is 20.8 Å². The molecule has 0 saturated carbocycles. The van der Waals surface area contributed by atoms with Crippen LogP contribution in [0.1, 0.15) is 33.6 Å². The van der Waals surface area contributed by atoms with Crippen LogP contribution in [0.3, 0.4) is 0 Å². The van der Waals surface area contributed by atoms with E-state index in [1.54, 1.807) is 13.1 Å². The molecule has 0 spiro atoms. The van der Waals surface area contributed by atoms with E-state index in [1.165, 1.54) is 17.0 Å². The summed E-state index contributed by atoms with van der Waals surface area (Å²) >= 11 is 0. The Labute approximate surface area is 125 Å². The summed E-state index contributed by atoms with van der Waals surface area (Å²) in [5.74, 6) is -0.358. The number of ether oxygens (including phenoxy) is 1. The van der Waals surface area contributed by atoms with Crippen molar-refractivity contribution in [2.75, 3.05) is 29.9 Å². The maximum absolute atomic E-state index is 13.6. The van der Waals surface area contributed by atoms with Crippen LogP contribution in [0.25, 0.3) is 0 Å². The van der Waals surface area contributed by atoms with Gasteiger partial charge >= 0.3 is 6.09 Å². The van der Waals surface area contributed by atoms with Crippen LogP contribution in [0.2, 0.25) is 0 Å². The molecule has 0 aliphatic carbocycles. The average molecular weight is 294 g/mol. The second-order valence-electron chi connectivity index (χ2n) is 6.37. The lowest BCUT2D eigenvalue weighted by Crippen LogP contribution is -2.35. The highest BCUT2D eigenvalue weighted by molar-refractivity contribution is 5.92. The van der Waals surface area contributed by atoms with Gasteiger partial charge in [-0.15, -0.1) is 0 Å². The Balaban J connectivity index is 2.28. The number of benzene rings is 1. The first-order valence-corrected chi connectivity index (χ1v) is 7.29. The van der Waals surface area contributed by atoms with Crippen molar-refractivity contribution in [1.82, 2.24) is 0 Å². The van der Waals surface area contributed by atoms with E-state index in [9.17, 15) is 9.18 Å². The molecule has 5 heteroatoms. The van der Waals surface area contributed by atoms with Gasteiger partial charge in [0.05, 0.1) is 11.4 Å². The van der Waals surface area contributed by atoms with E-state index in [0.29, 0.717) is 5.69 Å². The molecule has 0 radical (unpaired) electrons. The number of hydrogen-bond acceptors (Lipinski definition) is 3. The van der Waals surface area contributed by atoms with Crippen molar-refractivity contribution in [2.45, 2.75) is 39.2 Å². The van der Waals surface area contributed by atoms with Crippen LogP contribution < -0.4 is 9.80 Å². The quantitative estimate of drug-likeness (QED) is 0.831. The first-order chi connectivity index (χ1) is 9.78. The van der Waals surface area contributed by atoms with E-state index < -0.39 is 11.7 Å². The molecule has 2 rings (SSSR count). The Morgan fingerprint density at radius 2 is 1.90 bits per heavy atom. The second kappa shape index (κ2) is 5.92. The number of rotatable bonds is 2. The maximum Gasteiger partial charge on any atom is 0.414 e. The van der Waals surface area contributed by atoms with Crippen LogP contribution >= 0.6 is 0 Å². The molecule has 21 heavy (non-hydrogen) atoms. The van der Waals surface area contributed by atoms with Crippen LogP contribution in [0.4, 0.5) is 20.6 Å². The third-order valence-electron chi connectivity index (χ3n) is 3.41. The summed E-state index contributed by atoms with van der Waals surface area (Å²) in [6.07, 6.45) is 1.76. The van der Waals surface area contributed by atoms with Crippen LogP contribution in [-0.2, 0) is 4.74 Å². The lowest BCUT2D eigenvalue weighted by atomic mass is 10.2. The summed E-state index contributed by atoms with van der Waals surface area (Å²) in [6, 6.07) is 4.55. The third-order valence-corrected chi connectivity index (χ3v) is 3.41. The predicted octanol–water partition coefficient (Wildman–Crippen LogP) is 3.80. The molecular formula is C16H23FN2O2. The molecule has 1 saturated heterocycles. The molecule has 1 aliphatic rings. The van der Waals surface area contributed by atoms with Crippen molar-refractivity contribution < 1.29 is 13.9 Å². The average Bonchev–Trinajstić information content (AvgIpc) is 2.89. The molecule has 1 amide bonds. The van der Waals surface area contributed by atoms with Gasteiger partial charge in [-0.1, -0.05) is 0 Å². The Morgan fingerprint density at radius 3 is 2.48 bits per heavy atom. The SMILES string of the molecule is CN(C(=O)OC(C)(C)C)c1cc(F)ccc1N1CCCC1. The van der Waals surface area contributed by atoms with Crippen molar-refractivity contribution in [3.05, 3.63) is 24.0 Å². The molecule has 1 fully saturated rings. The smallest absolute Gasteiger partial charge is 0.414 e. The fourth-order valence-corrected chi connectivity index (χ4v) is 2.42. The lowest BCUT2D eigenvalue weighted by molar-refractivity contribution is 0.0589. The van der Waals surface area contributed by atoms with Crippen molar-refractivity contribution in [2.24, 2.45) is 0 Å². The molecule has 1 heterocycles. The molecule has 4 nitrogen and oxygen atoms in total. The standard InChI is InChI=1S/C16H23FN2O2/c1-16(2,3)21-15(20)18(4)14-11-12(17)7-8-13(14)19-9-5-6-10-19/h7-8,11H,5-6,9-10H2,1-4H3. The maximum atomic E-state index is 13.6.